The molecular formula is C24H28ClN3O6. The standard InChI is InChI=1S/C24H28ClN3O6/c1-5-15-8-7-9-16(6-2)22(15)26-20(29)13-34-24(31)21(14(3)4)27-23(30)18-11-10-17(28(32)33)12-19(18)25/h7-12,14,21H,5-6,13H2,1-4H3,(H,26,29)(H,27,30). The molecule has 2 rings (SSSR count). The maximum absolute atomic E-state index is 12.6. The van der Waals surface area contributed by atoms with Crippen molar-refractivity contribution in [1.82, 2.24) is 5.32 Å². The van der Waals surface area contributed by atoms with Crippen molar-refractivity contribution in [3.05, 3.63) is 68.2 Å². The molecule has 0 saturated carbocycles. The molecule has 1 atom stereocenters. The first kappa shape index (κ1) is 26.8. The molecule has 34 heavy (non-hydrogen) atoms. The second-order valence-electron chi connectivity index (χ2n) is 7.93. The molecule has 0 spiro atoms. The summed E-state index contributed by atoms with van der Waals surface area (Å²) in [5, 5.41) is 16.1. The van der Waals surface area contributed by atoms with Gasteiger partial charge in [-0.1, -0.05) is 57.5 Å². The first-order valence-electron chi connectivity index (χ1n) is 10.9. The Labute approximate surface area is 203 Å². The van der Waals surface area contributed by atoms with Gasteiger partial charge in [-0.3, -0.25) is 19.7 Å². The fourth-order valence-electron chi connectivity index (χ4n) is 3.32. The molecule has 9 nitrogen and oxygen atoms in total. The summed E-state index contributed by atoms with van der Waals surface area (Å²) < 4.78 is 5.18. The number of anilines is 1. The largest absolute Gasteiger partial charge is 0.454 e. The highest BCUT2D eigenvalue weighted by atomic mass is 35.5. The minimum atomic E-state index is -1.05. The Kier molecular flexibility index (Phi) is 9.56. The molecule has 2 amide bonds. The van der Waals surface area contributed by atoms with Gasteiger partial charge in [0.1, 0.15) is 6.04 Å². The molecule has 0 aliphatic carbocycles. The molecule has 0 fully saturated rings. The fraction of sp³-hybridized carbons (Fsp3) is 0.375. The number of amides is 2. The summed E-state index contributed by atoms with van der Waals surface area (Å²) in [6, 6.07) is 8.14. The molecule has 2 aromatic carbocycles. The van der Waals surface area contributed by atoms with Crippen LogP contribution in [0.25, 0.3) is 0 Å². The van der Waals surface area contributed by atoms with Crippen LogP contribution >= 0.6 is 11.6 Å². The molecule has 0 aliphatic rings. The van der Waals surface area contributed by atoms with Crippen molar-refractivity contribution in [2.75, 3.05) is 11.9 Å². The summed E-state index contributed by atoms with van der Waals surface area (Å²) in [4.78, 5) is 48.0. The van der Waals surface area contributed by atoms with Crippen molar-refractivity contribution in [2.45, 2.75) is 46.6 Å². The molecule has 182 valence electrons. The van der Waals surface area contributed by atoms with Crippen molar-refractivity contribution < 1.29 is 24.0 Å². The van der Waals surface area contributed by atoms with Gasteiger partial charge in [0.25, 0.3) is 17.5 Å². The number of non-ortho nitro benzene ring substituents is 1. The van der Waals surface area contributed by atoms with Crippen LogP contribution in [0.15, 0.2) is 36.4 Å². The summed E-state index contributed by atoms with van der Waals surface area (Å²) >= 11 is 6.01. The second kappa shape index (κ2) is 12.1. The van der Waals surface area contributed by atoms with E-state index in [1.807, 2.05) is 32.0 Å². The second-order valence-corrected chi connectivity index (χ2v) is 8.34. The average Bonchev–Trinajstić information content (AvgIpc) is 2.80. The van der Waals surface area contributed by atoms with Gasteiger partial charge in [0, 0.05) is 17.8 Å². The van der Waals surface area contributed by atoms with Gasteiger partial charge in [0.05, 0.1) is 15.5 Å². The van der Waals surface area contributed by atoms with E-state index in [0.29, 0.717) is 0 Å². The van der Waals surface area contributed by atoms with E-state index in [1.165, 1.54) is 6.07 Å². The molecule has 1 unspecified atom stereocenters. The van der Waals surface area contributed by atoms with Crippen molar-refractivity contribution in [2.24, 2.45) is 5.92 Å². The number of nitro groups is 1. The van der Waals surface area contributed by atoms with Gasteiger partial charge >= 0.3 is 5.97 Å². The topological polar surface area (TPSA) is 128 Å². The third-order valence-corrected chi connectivity index (χ3v) is 5.54. The van der Waals surface area contributed by atoms with Crippen molar-refractivity contribution in [3.63, 3.8) is 0 Å². The summed E-state index contributed by atoms with van der Waals surface area (Å²) in [7, 11) is 0. The number of ether oxygens (including phenoxy) is 1. The van der Waals surface area contributed by atoms with Gasteiger partial charge in [-0.05, 0) is 36.0 Å². The summed E-state index contributed by atoms with van der Waals surface area (Å²) in [6.45, 7) is 6.86. The van der Waals surface area contributed by atoms with Crippen LogP contribution in [0.4, 0.5) is 11.4 Å². The number of nitro benzene ring substituents is 1. The summed E-state index contributed by atoms with van der Waals surface area (Å²) in [5.74, 6) is -2.32. The minimum absolute atomic E-state index is 0.0215. The van der Waals surface area contributed by atoms with Gasteiger partial charge < -0.3 is 15.4 Å². The summed E-state index contributed by atoms with van der Waals surface area (Å²) in [5.41, 5.74) is 2.39. The zero-order valence-electron chi connectivity index (χ0n) is 19.5. The molecule has 0 heterocycles. The van der Waals surface area contributed by atoms with Crippen LogP contribution in [0.5, 0.6) is 0 Å². The quantitative estimate of drug-likeness (QED) is 0.291. The zero-order valence-corrected chi connectivity index (χ0v) is 20.3. The van der Waals surface area contributed by atoms with Crippen LogP contribution in [-0.4, -0.2) is 35.4 Å². The van der Waals surface area contributed by atoms with Gasteiger partial charge in [-0.2, -0.15) is 0 Å². The van der Waals surface area contributed by atoms with Gasteiger partial charge in [0.15, 0.2) is 6.61 Å². The maximum Gasteiger partial charge on any atom is 0.329 e. The van der Waals surface area contributed by atoms with E-state index in [0.717, 1.165) is 41.8 Å². The number of nitrogens with one attached hydrogen (secondary N) is 2. The predicted molar refractivity (Wildman–Crippen MR) is 129 cm³/mol. The number of hydrogen-bond donors (Lipinski definition) is 2. The Hall–Kier alpha value is -3.46. The van der Waals surface area contributed by atoms with Gasteiger partial charge in [0.2, 0.25) is 0 Å². The van der Waals surface area contributed by atoms with Crippen molar-refractivity contribution in [1.29, 1.82) is 0 Å². The SMILES string of the molecule is CCc1cccc(CC)c1NC(=O)COC(=O)C(NC(=O)c1ccc([N+](=O)[O-])cc1Cl)C(C)C. The molecule has 0 bridgehead atoms. The number of aryl methyl sites for hydroxylation is 2. The predicted octanol–water partition coefficient (Wildman–Crippen LogP) is 4.31. The van der Waals surface area contributed by atoms with Gasteiger partial charge in [-0.15, -0.1) is 0 Å². The van der Waals surface area contributed by atoms with E-state index in [2.05, 4.69) is 10.6 Å². The molecule has 0 aliphatic heterocycles. The molecule has 2 aromatic rings. The van der Waals surface area contributed by atoms with E-state index in [4.69, 9.17) is 16.3 Å². The molecular weight excluding hydrogens is 462 g/mol. The molecule has 0 radical (unpaired) electrons. The maximum atomic E-state index is 12.6. The molecule has 2 N–H and O–H groups in total. The van der Waals surface area contributed by atoms with Crippen LogP contribution < -0.4 is 10.6 Å². The zero-order chi connectivity index (χ0) is 25.4. The lowest BCUT2D eigenvalue weighted by atomic mass is 10.0. The number of halogens is 1. The number of nitrogens with zero attached hydrogens (tertiary/aromatic N) is 1. The van der Waals surface area contributed by atoms with Crippen molar-refractivity contribution >= 4 is 40.8 Å². The van der Waals surface area contributed by atoms with Crippen LogP contribution in [0.3, 0.4) is 0 Å². The Balaban J connectivity index is 2.05. The van der Waals surface area contributed by atoms with Gasteiger partial charge in [-0.25, -0.2) is 4.79 Å². The number of carbonyl (C=O) groups is 3. The monoisotopic (exact) mass is 489 g/mol. The molecule has 0 saturated heterocycles. The minimum Gasteiger partial charge on any atom is -0.454 e. The molecule has 10 heteroatoms. The van der Waals surface area contributed by atoms with Crippen LogP contribution in [0.2, 0.25) is 5.02 Å². The van der Waals surface area contributed by atoms with E-state index >= 15 is 0 Å². The Bertz CT molecular complexity index is 1060. The van der Waals surface area contributed by atoms with E-state index < -0.39 is 35.4 Å². The van der Waals surface area contributed by atoms with Crippen LogP contribution in [0.1, 0.15) is 49.2 Å². The first-order chi connectivity index (χ1) is 16.1. The number of rotatable bonds is 10. The normalized spacial score (nSPS) is 11.6. The third-order valence-electron chi connectivity index (χ3n) is 5.22. The number of esters is 1. The smallest absolute Gasteiger partial charge is 0.329 e. The Morgan fingerprint density at radius 1 is 1.09 bits per heavy atom. The highest BCUT2D eigenvalue weighted by molar-refractivity contribution is 6.34. The van der Waals surface area contributed by atoms with E-state index in [9.17, 15) is 24.5 Å². The van der Waals surface area contributed by atoms with E-state index in [1.54, 1.807) is 13.8 Å². The number of hydrogen-bond acceptors (Lipinski definition) is 6. The van der Waals surface area contributed by atoms with Crippen LogP contribution in [0, 0.1) is 16.0 Å². The lowest BCUT2D eigenvalue weighted by Crippen LogP contribution is -2.46. The van der Waals surface area contributed by atoms with Crippen LogP contribution in [-0.2, 0) is 27.2 Å². The van der Waals surface area contributed by atoms with Crippen molar-refractivity contribution in [3.8, 4) is 0 Å². The number of carbonyl (C=O) groups excluding carboxylic acids is 3. The van der Waals surface area contributed by atoms with E-state index in [-0.39, 0.29) is 22.2 Å². The molecule has 0 aromatic heterocycles. The first-order valence-corrected chi connectivity index (χ1v) is 11.3. The lowest BCUT2D eigenvalue weighted by Gasteiger charge is -2.21. The highest BCUT2D eigenvalue weighted by Crippen LogP contribution is 2.24. The number of benzene rings is 2. The third kappa shape index (κ3) is 6.77. The summed E-state index contributed by atoms with van der Waals surface area (Å²) in [6.07, 6.45) is 1.46. The average molecular weight is 490 g/mol. The highest BCUT2D eigenvalue weighted by Gasteiger charge is 2.28. The number of para-hydroxylation sites is 1. The Morgan fingerprint density at radius 3 is 2.21 bits per heavy atom. The Morgan fingerprint density at radius 2 is 1.71 bits per heavy atom. The lowest BCUT2D eigenvalue weighted by molar-refractivity contribution is -0.384. The fourth-order valence-corrected chi connectivity index (χ4v) is 3.58.